The maximum Gasteiger partial charge on any atom is 0.416 e. The number of hydrogen-bond acceptors (Lipinski definition) is 8. The summed E-state index contributed by atoms with van der Waals surface area (Å²) in [5.74, 6) is 3.14. The maximum absolute atomic E-state index is 14.2. The minimum atomic E-state index is -4.67. The molecule has 13 heteroatoms. The highest BCUT2D eigenvalue weighted by Crippen LogP contribution is 2.44. The van der Waals surface area contributed by atoms with E-state index in [1.165, 1.54) is 6.07 Å². The number of alkyl halides is 3. The zero-order valence-corrected chi connectivity index (χ0v) is 46.4. The molecule has 0 aliphatic carbocycles. The number of aromatic nitrogens is 8. The van der Waals surface area contributed by atoms with E-state index < -0.39 is 11.7 Å². The lowest BCUT2D eigenvalue weighted by molar-refractivity contribution is -0.137. The molecular formula is C75H43F3N10. The quantitative estimate of drug-likeness (QED) is 0.132. The topological polar surface area (TPSA) is 135 Å². The summed E-state index contributed by atoms with van der Waals surface area (Å²) in [4.78, 5) is 30.0. The highest BCUT2D eigenvalue weighted by atomic mass is 19.4. The van der Waals surface area contributed by atoms with Gasteiger partial charge in [0.15, 0.2) is 34.9 Å². The van der Waals surface area contributed by atoms with E-state index in [9.17, 15) is 23.7 Å². The largest absolute Gasteiger partial charge is 0.416 e. The van der Waals surface area contributed by atoms with Gasteiger partial charge < -0.3 is 9.13 Å². The lowest BCUT2D eigenvalue weighted by atomic mass is 9.92. The van der Waals surface area contributed by atoms with Gasteiger partial charge in [0.2, 0.25) is 0 Å². The minimum absolute atomic E-state index is 0.147. The van der Waals surface area contributed by atoms with E-state index in [1.54, 1.807) is 6.07 Å². The Hall–Kier alpha value is -12.2. The van der Waals surface area contributed by atoms with Crippen LogP contribution in [0.2, 0.25) is 0 Å². The number of para-hydroxylation sites is 2. The standard InChI is InChI=1S/C75H43F3N10/c76-75(77,78)55-33-35-57(54(39-55)45-80)50-30-36-68(88-65-28-16-14-26-59(65)62-42-52(32-38-67(62)88)74-85-71(48-21-9-3-10-22-48)82-72(86-74)49-23-11-4-12-24-49)63(40-50)60-43-56(34-29-53(60)44-79)87-64-27-15-13-25-58(64)61-41-51(31-37-66(61)87)73-83-69(46-17-5-1-6-18-46)81-70(84-73)47-19-7-2-8-20-47/h1-43H. The second kappa shape index (κ2) is 21.5. The Bertz CT molecular complexity index is 5220. The van der Waals surface area contributed by atoms with Gasteiger partial charge in [-0.05, 0) is 102 Å². The molecule has 88 heavy (non-hydrogen) atoms. The van der Waals surface area contributed by atoms with Crippen molar-refractivity contribution in [3.8, 4) is 114 Å². The van der Waals surface area contributed by atoms with E-state index in [-0.39, 0.29) is 5.56 Å². The molecular weight excluding hydrogens is 1100 g/mol. The highest BCUT2D eigenvalue weighted by Gasteiger charge is 2.32. The smallest absolute Gasteiger partial charge is 0.309 e. The summed E-state index contributed by atoms with van der Waals surface area (Å²) in [6, 6.07) is 86.8. The number of rotatable bonds is 10. The highest BCUT2D eigenvalue weighted by molar-refractivity contribution is 6.12. The van der Waals surface area contributed by atoms with Gasteiger partial charge in [0.25, 0.3) is 0 Å². The third-order valence-electron chi connectivity index (χ3n) is 15.9. The molecule has 0 radical (unpaired) electrons. The SMILES string of the molecule is N#Cc1cc(C(F)(F)F)ccc1-c1ccc(-n2c3ccccc3c3cc(-c4nc(-c5ccccc5)nc(-c5ccccc5)n4)ccc32)c(-c2cc(-n3c4ccccc4c4cc(-c5nc(-c6ccccc6)nc(-c6ccccc6)n5)ccc43)ccc2C#N)c1. The third-order valence-corrected chi connectivity index (χ3v) is 15.9. The summed E-state index contributed by atoms with van der Waals surface area (Å²) in [6.45, 7) is 0. The second-order valence-corrected chi connectivity index (χ2v) is 21.2. The van der Waals surface area contributed by atoms with Crippen LogP contribution >= 0.6 is 0 Å². The Morgan fingerprint density at radius 3 is 1.17 bits per heavy atom. The van der Waals surface area contributed by atoms with Crippen LogP contribution in [0.1, 0.15) is 16.7 Å². The first-order chi connectivity index (χ1) is 43.1. The number of benzene rings is 11. The summed E-state index contributed by atoms with van der Waals surface area (Å²) < 4.78 is 46.9. The Labute approximate surface area is 501 Å². The van der Waals surface area contributed by atoms with Gasteiger partial charge in [-0.3, -0.25) is 0 Å². The summed E-state index contributed by atoms with van der Waals surface area (Å²) in [5, 5.41) is 25.4. The van der Waals surface area contributed by atoms with Gasteiger partial charge in [0.1, 0.15) is 0 Å². The van der Waals surface area contributed by atoms with Crippen molar-refractivity contribution >= 4 is 43.6 Å². The van der Waals surface area contributed by atoms with Gasteiger partial charge in [-0.15, -0.1) is 0 Å². The molecule has 0 N–H and O–H groups in total. The number of hydrogen-bond donors (Lipinski definition) is 0. The van der Waals surface area contributed by atoms with Crippen LogP contribution in [-0.4, -0.2) is 39.0 Å². The molecule has 15 rings (SSSR count). The average molecular weight is 1140 g/mol. The van der Waals surface area contributed by atoms with Crippen molar-refractivity contribution in [1.29, 1.82) is 10.5 Å². The van der Waals surface area contributed by atoms with E-state index in [4.69, 9.17) is 29.9 Å². The van der Waals surface area contributed by atoms with E-state index in [1.807, 2.05) is 206 Å². The van der Waals surface area contributed by atoms with Crippen LogP contribution in [0.5, 0.6) is 0 Å². The summed E-state index contributed by atoms with van der Waals surface area (Å²) in [7, 11) is 0. The molecule has 0 aliphatic rings. The molecule has 414 valence electrons. The molecule has 0 saturated heterocycles. The van der Waals surface area contributed by atoms with E-state index in [0.717, 1.165) is 94.8 Å². The average Bonchev–Trinajstić information content (AvgIpc) is 1.63. The van der Waals surface area contributed by atoms with Crippen LogP contribution < -0.4 is 0 Å². The molecule has 11 aromatic carbocycles. The Balaban J connectivity index is 0.928. The molecule has 0 saturated carbocycles. The number of fused-ring (bicyclic) bond motifs is 6. The summed E-state index contributed by atoms with van der Waals surface area (Å²) in [5.41, 5.74) is 11.0. The minimum Gasteiger partial charge on any atom is -0.309 e. The van der Waals surface area contributed by atoms with Crippen LogP contribution in [-0.2, 0) is 6.18 Å². The van der Waals surface area contributed by atoms with Gasteiger partial charge in [0.05, 0.1) is 56.6 Å². The van der Waals surface area contributed by atoms with Crippen molar-refractivity contribution in [2.45, 2.75) is 6.18 Å². The maximum atomic E-state index is 14.2. The molecule has 0 atom stereocenters. The van der Waals surface area contributed by atoms with E-state index >= 15 is 0 Å². The molecule has 0 spiro atoms. The Morgan fingerprint density at radius 1 is 0.295 bits per heavy atom. The second-order valence-electron chi connectivity index (χ2n) is 21.2. The van der Waals surface area contributed by atoms with Crippen LogP contribution in [0.3, 0.4) is 0 Å². The monoisotopic (exact) mass is 1140 g/mol. The third kappa shape index (κ3) is 9.33. The zero-order chi connectivity index (χ0) is 59.5. The van der Waals surface area contributed by atoms with Gasteiger partial charge in [-0.1, -0.05) is 170 Å². The molecule has 0 amide bonds. The first kappa shape index (κ1) is 52.6. The molecule has 0 fully saturated rings. The fraction of sp³-hybridized carbons (Fsp3) is 0.0133. The predicted octanol–water partition coefficient (Wildman–Crippen LogP) is 18.3. The molecule has 4 heterocycles. The number of nitriles is 2. The Morgan fingerprint density at radius 2 is 0.705 bits per heavy atom. The number of halogens is 3. The van der Waals surface area contributed by atoms with Crippen LogP contribution in [0.25, 0.3) is 146 Å². The van der Waals surface area contributed by atoms with Crippen molar-refractivity contribution in [3.05, 3.63) is 278 Å². The molecule has 0 bridgehead atoms. The van der Waals surface area contributed by atoms with Gasteiger partial charge >= 0.3 is 6.18 Å². The van der Waals surface area contributed by atoms with Crippen molar-refractivity contribution in [2.75, 3.05) is 0 Å². The molecule has 10 nitrogen and oxygen atoms in total. The van der Waals surface area contributed by atoms with Crippen molar-refractivity contribution in [3.63, 3.8) is 0 Å². The summed E-state index contributed by atoms with van der Waals surface area (Å²) >= 11 is 0. The first-order valence-electron chi connectivity index (χ1n) is 28.3. The Kier molecular flexibility index (Phi) is 12.8. The first-order valence-corrected chi connectivity index (χ1v) is 28.3. The molecule has 4 aromatic heterocycles. The lowest BCUT2D eigenvalue weighted by Crippen LogP contribution is -2.05. The number of nitrogens with zero attached hydrogens (tertiary/aromatic N) is 10. The predicted molar refractivity (Wildman–Crippen MR) is 340 cm³/mol. The molecule has 15 aromatic rings. The molecule has 0 unspecified atom stereocenters. The van der Waals surface area contributed by atoms with Crippen molar-refractivity contribution in [2.24, 2.45) is 0 Å². The van der Waals surface area contributed by atoms with E-state index in [2.05, 4.69) is 51.6 Å². The van der Waals surface area contributed by atoms with Crippen LogP contribution in [0.15, 0.2) is 261 Å². The van der Waals surface area contributed by atoms with Gasteiger partial charge in [-0.2, -0.15) is 23.7 Å². The fourth-order valence-electron chi connectivity index (χ4n) is 11.8. The molecule has 0 aliphatic heterocycles. The van der Waals surface area contributed by atoms with Crippen LogP contribution in [0, 0.1) is 22.7 Å². The summed E-state index contributed by atoms with van der Waals surface area (Å²) in [6.07, 6.45) is -4.67. The van der Waals surface area contributed by atoms with Gasteiger partial charge in [0, 0.05) is 71.7 Å². The lowest BCUT2D eigenvalue weighted by Gasteiger charge is -2.19. The zero-order valence-electron chi connectivity index (χ0n) is 46.4. The van der Waals surface area contributed by atoms with E-state index in [0.29, 0.717) is 68.5 Å². The van der Waals surface area contributed by atoms with Gasteiger partial charge in [-0.25, -0.2) is 29.9 Å². The van der Waals surface area contributed by atoms with Crippen molar-refractivity contribution < 1.29 is 13.2 Å². The van der Waals surface area contributed by atoms with Crippen molar-refractivity contribution in [1.82, 2.24) is 39.0 Å². The fourth-order valence-corrected chi connectivity index (χ4v) is 11.8. The normalized spacial score (nSPS) is 11.6. The van der Waals surface area contributed by atoms with Crippen LogP contribution in [0.4, 0.5) is 13.2 Å².